The lowest BCUT2D eigenvalue weighted by atomic mass is 10.0. The van der Waals surface area contributed by atoms with Gasteiger partial charge in [0.05, 0.1) is 6.61 Å². The minimum Gasteiger partial charge on any atom is -0.462 e. The van der Waals surface area contributed by atoms with Crippen LogP contribution in [0.4, 0.5) is 0 Å². The number of esters is 2. The van der Waals surface area contributed by atoms with Crippen LogP contribution in [0.15, 0.2) is 48.6 Å². The van der Waals surface area contributed by atoms with E-state index in [4.69, 9.17) is 24.4 Å². The number of unbranched alkanes of at least 4 members (excludes halogenated alkanes) is 16. The second-order valence-corrected chi connectivity index (χ2v) is 13.9. The van der Waals surface area contributed by atoms with Gasteiger partial charge in [0.25, 0.3) is 0 Å². The molecule has 0 heterocycles. The minimum atomic E-state index is -4.77. The fourth-order valence-corrected chi connectivity index (χ4v) is 5.41. The Morgan fingerprint density at radius 1 is 0.571 bits per heavy atom. The zero-order valence-electron chi connectivity index (χ0n) is 30.5. The van der Waals surface area contributed by atoms with E-state index in [0.717, 1.165) is 64.2 Å². The molecule has 284 valence electrons. The highest BCUT2D eigenvalue weighted by atomic mass is 31.2. The van der Waals surface area contributed by atoms with E-state index in [1.807, 2.05) is 6.08 Å². The molecule has 0 spiro atoms. The van der Waals surface area contributed by atoms with Crippen LogP contribution >= 0.6 is 7.82 Å². The lowest BCUT2D eigenvalue weighted by molar-refractivity contribution is -0.161. The SMILES string of the molecule is CCCCCCCCCCCCCCCC(=O)O[C@H](COC(=O)CCC/C=C\C/C=C\C/C=C\C/C=C\CCCCCO)COP(=O)(O)O. The van der Waals surface area contributed by atoms with Crippen LogP contribution in [0.5, 0.6) is 0 Å². The third kappa shape index (κ3) is 38.6. The van der Waals surface area contributed by atoms with Crippen molar-refractivity contribution in [3.05, 3.63) is 48.6 Å². The zero-order chi connectivity index (χ0) is 36.1. The van der Waals surface area contributed by atoms with Crippen molar-refractivity contribution in [2.75, 3.05) is 19.8 Å². The molecule has 9 nitrogen and oxygen atoms in total. The van der Waals surface area contributed by atoms with Gasteiger partial charge in [-0.15, -0.1) is 0 Å². The standard InChI is InChI=1S/C39H69O9P/c1-2-3-4-5-6-7-8-14-18-21-24-27-30-33-39(42)48-37(36-47-49(43,44)45)35-46-38(41)32-29-26-23-20-17-15-12-10-9-11-13-16-19-22-25-28-31-34-40/h9,11-12,15-16,19-20,23,37,40H,2-8,10,13-14,17-18,21-22,24-36H2,1H3,(H2,43,44,45)/b11-9-,15-12-,19-16-,23-20-/t37-/m1/s1. The lowest BCUT2D eigenvalue weighted by Crippen LogP contribution is -2.29. The molecule has 0 aliphatic heterocycles. The molecule has 0 rings (SSSR count). The van der Waals surface area contributed by atoms with Crippen LogP contribution in [0.2, 0.25) is 0 Å². The Morgan fingerprint density at radius 2 is 1.02 bits per heavy atom. The predicted octanol–water partition coefficient (Wildman–Crippen LogP) is 10.2. The molecular formula is C39H69O9P. The van der Waals surface area contributed by atoms with E-state index in [9.17, 15) is 14.2 Å². The van der Waals surface area contributed by atoms with Crippen molar-refractivity contribution in [1.82, 2.24) is 0 Å². The monoisotopic (exact) mass is 712 g/mol. The third-order valence-electron chi connectivity index (χ3n) is 7.91. The molecule has 0 fully saturated rings. The van der Waals surface area contributed by atoms with Crippen molar-refractivity contribution >= 4 is 19.8 Å². The van der Waals surface area contributed by atoms with Gasteiger partial charge in [-0.3, -0.25) is 14.1 Å². The average Bonchev–Trinajstić information content (AvgIpc) is 3.07. The summed E-state index contributed by atoms with van der Waals surface area (Å²) in [5.41, 5.74) is 0. The first-order valence-electron chi connectivity index (χ1n) is 19.0. The van der Waals surface area contributed by atoms with Crippen LogP contribution in [0.25, 0.3) is 0 Å². The van der Waals surface area contributed by atoms with Crippen LogP contribution < -0.4 is 0 Å². The van der Waals surface area contributed by atoms with E-state index < -0.39 is 32.5 Å². The molecule has 0 aromatic heterocycles. The van der Waals surface area contributed by atoms with Crippen LogP contribution in [0, 0.1) is 0 Å². The molecular weight excluding hydrogens is 643 g/mol. The molecule has 0 amide bonds. The summed E-state index contributed by atoms with van der Waals surface area (Å²) in [7, 11) is -4.77. The van der Waals surface area contributed by atoms with E-state index in [0.29, 0.717) is 19.3 Å². The Hall–Kier alpha value is -2.03. The van der Waals surface area contributed by atoms with Crippen molar-refractivity contribution in [2.24, 2.45) is 0 Å². The number of ether oxygens (including phenoxy) is 2. The first-order chi connectivity index (χ1) is 23.8. The van der Waals surface area contributed by atoms with Crippen LogP contribution in [-0.2, 0) is 28.2 Å². The molecule has 0 bridgehead atoms. The summed E-state index contributed by atoms with van der Waals surface area (Å²) in [5.74, 6) is -0.965. The maximum Gasteiger partial charge on any atom is 0.469 e. The van der Waals surface area contributed by atoms with Crippen molar-refractivity contribution in [2.45, 2.75) is 167 Å². The summed E-state index contributed by atoms with van der Waals surface area (Å²) in [6, 6.07) is 0. The number of aliphatic hydroxyl groups excluding tert-OH is 1. The van der Waals surface area contributed by atoms with E-state index in [1.165, 1.54) is 57.8 Å². The minimum absolute atomic E-state index is 0.182. The molecule has 1 atom stereocenters. The van der Waals surface area contributed by atoms with Gasteiger partial charge in [-0.25, -0.2) is 4.57 Å². The highest BCUT2D eigenvalue weighted by Crippen LogP contribution is 2.36. The molecule has 0 saturated heterocycles. The fourth-order valence-electron chi connectivity index (χ4n) is 5.05. The molecule has 49 heavy (non-hydrogen) atoms. The number of carbonyl (C=O) groups excluding carboxylic acids is 2. The van der Waals surface area contributed by atoms with E-state index >= 15 is 0 Å². The van der Waals surface area contributed by atoms with Crippen molar-refractivity contribution in [3.63, 3.8) is 0 Å². The second kappa shape index (κ2) is 35.8. The van der Waals surface area contributed by atoms with Gasteiger partial charge in [-0.2, -0.15) is 0 Å². The highest BCUT2D eigenvalue weighted by molar-refractivity contribution is 7.46. The Labute approximate surface area is 297 Å². The molecule has 0 aromatic carbocycles. The largest absolute Gasteiger partial charge is 0.469 e. The number of hydrogen-bond acceptors (Lipinski definition) is 7. The fraction of sp³-hybridized carbons (Fsp3) is 0.744. The van der Waals surface area contributed by atoms with E-state index in [-0.39, 0.29) is 26.1 Å². The molecule has 0 unspecified atom stereocenters. The Kier molecular flexibility index (Phi) is 34.3. The van der Waals surface area contributed by atoms with Crippen LogP contribution in [0.1, 0.15) is 161 Å². The predicted molar refractivity (Wildman–Crippen MR) is 199 cm³/mol. The van der Waals surface area contributed by atoms with Gasteiger partial charge in [-0.1, -0.05) is 139 Å². The zero-order valence-corrected chi connectivity index (χ0v) is 31.4. The normalized spacial score (nSPS) is 13.0. The topological polar surface area (TPSA) is 140 Å². The van der Waals surface area contributed by atoms with Gasteiger partial charge < -0.3 is 24.4 Å². The van der Waals surface area contributed by atoms with Crippen molar-refractivity contribution in [1.29, 1.82) is 0 Å². The van der Waals surface area contributed by atoms with Gasteiger partial charge in [0, 0.05) is 19.4 Å². The molecule has 0 aliphatic carbocycles. The summed E-state index contributed by atoms with van der Waals surface area (Å²) < 4.78 is 26.2. The van der Waals surface area contributed by atoms with Gasteiger partial charge in [0.2, 0.25) is 0 Å². The smallest absolute Gasteiger partial charge is 0.462 e. The van der Waals surface area contributed by atoms with E-state index in [2.05, 4.69) is 54.0 Å². The molecule has 10 heteroatoms. The number of phosphoric acid groups is 1. The maximum atomic E-state index is 12.3. The number of phosphoric ester groups is 1. The summed E-state index contributed by atoms with van der Waals surface area (Å²) in [6.07, 6.45) is 39.9. The summed E-state index contributed by atoms with van der Waals surface area (Å²) >= 11 is 0. The third-order valence-corrected chi connectivity index (χ3v) is 8.39. The number of carbonyl (C=O) groups is 2. The Balaban J connectivity index is 4.05. The Bertz CT molecular complexity index is 939. The van der Waals surface area contributed by atoms with Crippen molar-refractivity contribution in [3.8, 4) is 0 Å². The number of allylic oxidation sites excluding steroid dienone is 8. The first-order valence-corrected chi connectivity index (χ1v) is 20.6. The van der Waals surface area contributed by atoms with Gasteiger partial charge in [-0.05, 0) is 57.8 Å². The maximum absolute atomic E-state index is 12.3. The molecule has 0 aromatic rings. The van der Waals surface area contributed by atoms with Crippen molar-refractivity contribution < 1.29 is 43.0 Å². The molecule has 0 aliphatic rings. The Morgan fingerprint density at radius 3 is 1.53 bits per heavy atom. The summed E-state index contributed by atoms with van der Waals surface area (Å²) in [4.78, 5) is 42.7. The summed E-state index contributed by atoms with van der Waals surface area (Å²) in [6.45, 7) is 1.64. The second-order valence-electron chi connectivity index (χ2n) is 12.6. The van der Waals surface area contributed by atoms with Crippen LogP contribution in [-0.4, -0.2) is 52.8 Å². The highest BCUT2D eigenvalue weighted by Gasteiger charge is 2.22. The number of rotatable bonds is 35. The van der Waals surface area contributed by atoms with E-state index in [1.54, 1.807) is 0 Å². The number of hydrogen-bond donors (Lipinski definition) is 3. The van der Waals surface area contributed by atoms with Gasteiger partial charge >= 0.3 is 19.8 Å². The average molecular weight is 713 g/mol. The number of aliphatic hydroxyl groups is 1. The molecule has 0 radical (unpaired) electrons. The summed E-state index contributed by atoms with van der Waals surface area (Å²) in [5, 5.41) is 8.76. The lowest BCUT2D eigenvalue weighted by Gasteiger charge is -2.18. The first kappa shape index (κ1) is 47.0. The molecule has 0 saturated carbocycles. The van der Waals surface area contributed by atoms with Crippen LogP contribution in [0.3, 0.4) is 0 Å². The molecule has 3 N–H and O–H groups in total. The van der Waals surface area contributed by atoms with Gasteiger partial charge in [0.15, 0.2) is 6.10 Å². The van der Waals surface area contributed by atoms with Gasteiger partial charge in [0.1, 0.15) is 6.61 Å². The quantitative estimate of drug-likeness (QED) is 0.0253.